The van der Waals surface area contributed by atoms with Gasteiger partial charge in [-0.2, -0.15) is 9.40 Å². The second-order valence-electron chi connectivity index (χ2n) is 5.46. The van der Waals surface area contributed by atoms with E-state index in [4.69, 9.17) is 4.74 Å². The van der Waals surface area contributed by atoms with Crippen LogP contribution in [0.3, 0.4) is 0 Å². The van der Waals surface area contributed by atoms with Crippen molar-refractivity contribution in [2.75, 3.05) is 26.7 Å². The molecular weight excluding hydrogens is 316 g/mol. The molecule has 1 aromatic carbocycles. The lowest BCUT2D eigenvalue weighted by Crippen LogP contribution is -2.52. The molecule has 1 fully saturated rings. The van der Waals surface area contributed by atoms with Crippen molar-refractivity contribution in [1.29, 1.82) is 0 Å². The smallest absolute Gasteiger partial charge is 0.246 e. The maximum Gasteiger partial charge on any atom is 0.246 e. The molecule has 1 atom stereocenters. The number of ether oxygens (including phenoxy) is 1. The molecule has 0 amide bonds. The number of nitrogens with zero attached hydrogens (tertiary/aromatic N) is 3. The number of hydrogen-bond donors (Lipinski definition) is 1. The molecule has 2 heterocycles. The van der Waals surface area contributed by atoms with Gasteiger partial charge in [0.1, 0.15) is 16.3 Å². The quantitative estimate of drug-likeness (QED) is 0.896. The lowest BCUT2D eigenvalue weighted by atomic mass is 10.3. The summed E-state index contributed by atoms with van der Waals surface area (Å²) < 4.78 is 34.0. The minimum Gasteiger partial charge on any atom is -0.494 e. The van der Waals surface area contributed by atoms with E-state index in [0.717, 1.165) is 0 Å². The average Bonchev–Trinajstić information content (AvgIpc) is 3.05. The van der Waals surface area contributed by atoms with E-state index >= 15 is 0 Å². The van der Waals surface area contributed by atoms with Crippen molar-refractivity contribution in [1.82, 2.24) is 19.4 Å². The van der Waals surface area contributed by atoms with E-state index < -0.39 is 10.0 Å². The third-order valence-corrected chi connectivity index (χ3v) is 5.90. The largest absolute Gasteiger partial charge is 0.494 e. The first-order valence-electron chi connectivity index (χ1n) is 7.44. The normalized spacial score (nSPS) is 19.7. The summed E-state index contributed by atoms with van der Waals surface area (Å²) in [4.78, 5) is 0.192. The van der Waals surface area contributed by atoms with E-state index in [0.29, 0.717) is 31.1 Å². The summed E-state index contributed by atoms with van der Waals surface area (Å²) in [6.45, 7) is 3.67. The Balaban J connectivity index is 1.95. The van der Waals surface area contributed by atoms with Gasteiger partial charge in [-0.1, -0.05) is 12.1 Å². The summed E-state index contributed by atoms with van der Waals surface area (Å²) in [5.74, 6) is 0.634. The Morgan fingerprint density at radius 1 is 1.35 bits per heavy atom. The molecule has 0 aliphatic carbocycles. The molecule has 1 aliphatic heterocycles. The van der Waals surface area contributed by atoms with Gasteiger partial charge in [0.05, 0.1) is 19.5 Å². The maximum atomic E-state index is 12.8. The van der Waals surface area contributed by atoms with E-state index in [-0.39, 0.29) is 10.9 Å². The van der Waals surface area contributed by atoms with Gasteiger partial charge in [0.15, 0.2) is 0 Å². The van der Waals surface area contributed by atoms with Gasteiger partial charge in [0, 0.05) is 25.7 Å². The highest BCUT2D eigenvalue weighted by atomic mass is 32.2. The lowest BCUT2D eigenvalue weighted by Gasteiger charge is -2.32. The number of aromatic nitrogens is 2. The number of para-hydroxylation sites is 2. The Hall–Kier alpha value is -1.90. The first kappa shape index (κ1) is 16.0. The molecule has 7 nitrogen and oxygen atoms in total. The van der Waals surface area contributed by atoms with Crippen molar-refractivity contribution in [2.24, 2.45) is 0 Å². The highest BCUT2D eigenvalue weighted by Gasteiger charge is 2.32. The van der Waals surface area contributed by atoms with E-state index in [1.165, 1.54) is 21.4 Å². The van der Waals surface area contributed by atoms with Crippen molar-refractivity contribution < 1.29 is 13.2 Å². The third-order valence-electron chi connectivity index (χ3n) is 3.94. The second kappa shape index (κ2) is 6.31. The van der Waals surface area contributed by atoms with E-state index in [1.807, 2.05) is 31.2 Å². The van der Waals surface area contributed by atoms with Crippen LogP contribution in [0.4, 0.5) is 0 Å². The van der Waals surface area contributed by atoms with Gasteiger partial charge >= 0.3 is 0 Å². The predicted molar refractivity (Wildman–Crippen MR) is 86.3 cm³/mol. The number of hydrogen-bond acceptors (Lipinski definition) is 5. The number of nitrogens with one attached hydrogen (secondary N) is 1. The summed E-state index contributed by atoms with van der Waals surface area (Å²) in [5, 5.41) is 7.39. The van der Waals surface area contributed by atoms with Crippen molar-refractivity contribution in [3.63, 3.8) is 0 Å². The SMILES string of the molecule is COc1ccccc1-n1cc(S(=O)(=O)N2CCNC[C@H]2C)cn1. The Kier molecular flexibility index (Phi) is 4.38. The Bertz CT molecular complexity index is 788. The van der Waals surface area contributed by atoms with Gasteiger partial charge in [-0.15, -0.1) is 0 Å². The fraction of sp³-hybridized carbons (Fsp3) is 0.400. The van der Waals surface area contributed by atoms with Crippen molar-refractivity contribution in [3.05, 3.63) is 36.7 Å². The molecule has 124 valence electrons. The Morgan fingerprint density at radius 2 is 2.13 bits per heavy atom. The maximum absolute atomic E-state index is 12.8. The number of methoxy groups -OCH3 is 1. The zero-order valence-corrected chi connectivity index (χ0v) is 14.0. The molecule has 3 rings (SSSR count). The molecule has 0 radical (unpaired) electrons. The van der Waals surface area contributed by atoms with E-state index in [2.05, 4.69) is 10.4 Å². The van der Waals surface area contributed by atoms with Crippen molar-refractivity contribution in [3.8, 4) is 11.4 Å². The van der Waals surface area contributed by atoms with Crippen LogP contribution in [0.5, 0.6) is 5.75 Å². The molecule has 1 aliphatic rings. The molecule has 0 bridgehead atoms. The van der Waals surface area contributed by atoms with Crippen LogP contribution in [0.2, 0.25) is 0 Å². The topological polar surface area (TPSA) is 76.5 Å². The average molecular weight is 336 g/mol. The van der Waals surface area contributed by atoms with Crippen LogP contribution >= 0.6 is 0 Å². The van der Waals surface area contributed by atoms with Gasteiger partial charge < -0.3 is 10.1 Å². The number of piperazine rings is 1. The van der Waals surface area contributed by atoms with Gasteiger partial charge in [-0.25, -0.2) is 13.1 Å². The van der Waals surface area contributed by atoms with Gasteiger partial charge in [-0.3, -0.25) is 0 Å². The molecule has 23 heavy (non-hydrogen) atoms. The molecule has 0 saturated carbocycles. The second-order valence-corrected chi connectivity index (χ2v) is 7.35. The number of sulfonamides is 1. The minimum atomic E-state index is -3.55. The zero-order valence-electron chi connectivity index (χ0n) is 13.1. The lowest BCUT2D eigenvalue weighted by molar-refractivity contribution is 0.284. The number of benzene rings is 1. The highest BCUT2D eigenvalue weighted by molar-refractivity contribution is 7.89. The molecule has 8 heteroatoms. The summed E-state index contributed by atoms with van der Waals surface area (Å²) in [6.07, 6.45) is 2.92. The molecule has 2 aromatic rings. The highest BCUT2D eigenvalue weighted by Crippen LogP contribution is 2.24. The monoisotopic (exact) mass is 336 g/mol. The summed E-state index contributed by atoms with van der Waals surface area (Å²) in [5.41, 5.74) is 0.699. The molecule has 0 spiro atoms. The number of rotatable bonds is 4. The van der Waals surface area contributed by atoms with E-state index in [9.17, 15) is 8.42 Å². The van der Waals surface area contributed by atoms with Gasteiger partial charge in [0.2, 0.25) is 10.0 Å². The van der Waals surface area contributed by atoms with Crippen LogP contribution in [0.25, 0.3) is 5.69 Å². The first-order valence-corrected chi connectivity index (χ1v) is 8.88. The molecular formula is C15H20N4O3S. The summed E-state index contributed by atoms with van der Waals surface area (Å²) in [7, 11) is -1.98. The van der Waals surface area contributed by atoms with Crippen molar-refractivity contribution >= 4 is 10.0 Å². The summed E-state index contributed by atoms with van der Waals surface area (Å²) in [6, 6.07) is 7.26. The van der Waals surface area contributed by atoms with Crippen molar-refractivity contribution in [2.45, 2.75) is 17.9 Å². The van der Waals surface area contributed by atoms with Crippen LogP contribution in [-0.4, -0.2) is 55.3 Å². The zero-order chi connectivity index (χ0) is 16.4. The van der Waals surface area contributed by atoms with E-state index in [1.54, 1.807) is 7.11 Å². The van der Waals surface area contributed by atoms with Gasteiger partial charge in [-0.05, 0) is 19.1 Å². The fourth-order valence-electron chi connectivity index (χ4n) is 2.71. The Labute approximate surface area is 135 Å². The minimum absolute atomic E-state index is 0.0802. The Morgan fingerprint density at radius 3 is 2.87 bits per heavy atom. The van der Waals surface area contributed by atoms with Crippen LogP contribution in [0.1, 0.15) is 6.92 Å². The van der Waals surface area contributed by atoms with Crippen LogP contribution in [0.15, 0.2) is 41.6 Å². The molecule has 1 saturated heterocycles. The summed E-state index contributed by atoms with van der Waals surface area (Å²) >= 11 is 0. The van der Waals surface area contributed by atoms with Crippen LogP contribution < -0.4 is 10.1 Å². The molecule has 1 N–H and O–H groups in total. The standard InChI is InChI=1S/C15H20N4O3S/c1-12-9-16-7-8-19(12)23(20,21)13-10-17-18(11-13)14-5-3-4-6-15(14)22-2/h3-6,10-12,16H,7-9H2,1-2H3/t12-/m1/s1. The van der Waals surface area contributed by atoms with Gasteiger partial charge in [0.25, 0.3) is 0 Å². The predicted octanol–water partition coefficient (Wildman–Crippen LogP) is 0.863. The van der Waals surface area contributed by atoms with Crippen LogP contribution in [0, 0.1) is 0 Å². The first-order chi connectivity index (χ1) is 11.0. The fourth-order valence-corrected chi connectivity index (χ4v) is 4.27. The van der Waals surface area contributed by atoms with Crippen LogP contribution in [-0.2, 0) is 10.0 Å². The molecule has 0 unspecified atom stereocenters. The third kappa shape index (κ3) is 2.97. The molecule has 1 aromatic heterocycles.